The van der Waals surface area contributed by atoms with E-state index in [1.165, 1.54) is 0 Å². The Morgan fingerprint density at radius 2 is 1.92 bits per heavy atom. The van der Waals surface area contributed by atoms with Gasteiger partial charge >= 0.3 is 5.65 Å². The van der Waals surface area contributed by atoms with Crippen LogP contribution in [0.15, 0.2) is 48.8 Å². The SMILES string of the molecule is Cc1cnc(CNC(=O)c2c(C)c3ccc(N4CCCN(C)CC4)nc3[n+]3c2sc2ccccc23)cn1. The molecule has 1 amide bonds. The number of hydrogen-bond acceptors (Lipinski definition) is 7. The van der Waals surface area contributed by atoms with Gasteiger partial charge in [0, 0.05) is 31.9 Å². The maximum atomic E-state index is 13.6. The first-order chi connectivity index (χ1) is 18.0. The predicted molar refractivity (Wildman–Crippen MR) is 147 cm³/mol. The molecule has 1 aliphatic rings. The Hall–Kier alpha value is -3.69. The van der Waals surface area contributed by atoms with Crippen molar-refractivity contribution < 1.29 is 9.20 Å². The highest BCUT2D eigenvalue weighted by Gasteiger charge is 2.28. The minimum Gasteiger partial charge on any atom is -0.346 e. The van der Waals surface area contributed by atoms with Gasteiger partial charge in [-0.15, -0.1) is 0 Å². The summed E-state index contributed by atoms with van der Waals surface area (Å²) in [4.78, 5) is 33.2. The lowest BCUT2D eigenvalue weighted by atomic mass is 10.1. The molecular formula is C28H30N7OS+. The molecule has 1 fully saturated rings. The zero-order valence-electron chi connectivity index (χ0n) is 21.4. The van der Waals surface area contributed by atoms with Crippen molar-refractivity contribution in [2.75, 3.05) is 38.1 Å². The van der Waals surface area contributed by atoms with Crippen LogP contribution in [0.4, 0.5) is 5.82 Å². The molecule has 9 heteroatoms. The van der Waals surface area contributed by atoms with Crippen molar-refractivity contribution in [2.45, 2.75) is 26.8 Å². The molecule has 0 unspecified atom stereocenters. The van der Waals surface area contributed by atoms with Gasteiger partial charge in [0.2, 0.25) is 10.6 Å². The molecule has 1 aliphatic heterocycles. The fourth-order valence-electron chi connectivity index (χ4n) is 5.05. The van der Waals surface area contributed by atoms with Crippen LogP contribution in [-0.2, 0) is 6.54 Å². The smallest absolute Gasteiger partial charge is 0.339 e. The molecule has 0 radical (unpaired) electrons. The molecule has 0 atom stereocenters. The van der Waals surface area contributed by atoms with E-state index in [2.05, 4.69) is 60.8 Å². The van der Waals surface area contributed by atoms with Crippen LogP contribution in [-0.4, -0.2) is 59.0 Å². The van der Waals surface area contributed by atoms with Gasteiger partial charge in [0.05, 0.1) is 34.2 Å². The molecule has 8 nitrogen and oxygen atoms in total. The van der Waals surface area contributed by atoms with Crippen LogP contribution in [0.25, 0.3) is 26.1 Å². The summed E-state index contributed by atoms with van der Waals surface area (Å²) in [5, 5.41) is 4.05. The largest absolute Gasteiger partial charge is 0.346 e. The van der Waals surface area contributed by atoms with Crippen molar-refractivity contribution in [2.24, 2.45) is 0 Å². The van der Waals surface area contributed by atoms with E-state index >= 15 is 0 Å². The third-order valence-electron chi connectivity index (χ3n) is 7.12. The van der Waals surface area contributed by atoms with Crippen molar-refractivity contribution in [3.8, 4) is 0 Å². The van der Waals surface area contributed by atoms with Gasteiger partial charge in [0.1, 0.15) is 5.56 Å². The number of amides is 1. The monoisotopic (exact) mass is 512 g/mol. The topological polar surface area (TPSA) is 78.4 Å². The molecular weight excluding hydrogens is 482 g/mol. The Balaban J connectivity index is 1.48. The highest BCUT2D eigenvalue weighted by atomic mass is 32.1. The molecule has 0 saturated carbocycles. The summed E-state index contributed by atoms with van der Waals surface area (Å²) in [7, 11) is 2.18. The number of nitrogens with zero attached hydrogens (tertiary/aromatic N) is 6. The van der Waals surface area contributed by atoms with Crippen molar-refractivity contribution in [1.29, 1.82) is 0 Å². The van der Waals surface area contributed by atoms with Crippen molar-refractivity contribution >= 4 is 49.1 Å². The van der Waals surface area contributed by atoms with E-state index in [0.29, 0.717) is 12.1 Å². The van der Waals surface area contributed by atoms with Crippen molar-refractivity contribution in [1.82, 2.24) is 25.2 Å². The van der Waals surface area contributed by atoms with Crippen LogP contribution >= 0.6 is 11.3 Å². The lowest BCUT2D eigenvalue weighted by Crippen LogP contribution is -2.32. The predicted octanol–water partition coefficient (Wildman–Crippen LogP) is 3.67. The van der Waals surface area contributed by atoms with Crippen molar-refractivity contribution in [3.63, 3.8) is 0 Å². The van der Waals surface area contributed by atoms with Gasteiger partial charge in [0.15, 0.2) is 5.52 Å². The van der Waals surface area contributed by atoms with Gasteiger partial charge < -0.3 is 15.1 Å². The minimum atomic E-state index is -0.120. The van der Waals surface area contributed by atoms with E-state index in [9.17, 15) is 4.79 Å². The number of fused-ring (bicyclic) bond motifs is 5. The van der Waals surface area contributed by atoms with Gasteiger partial charge in [-0.05, 0) is 62.6 Å². The van der Waals surface area contributed by atoms with E-state index in [0.717, 1.165) is 81.4 Å². The summed E-state index contributed by atoms with van der Waals surface area (Å²) in [6, 6.07) is 12.5. The maximum Gasteiger partial charge on any atom is 0.339 e. The summed E-state index contributed by atoms with van der Waals surface area (Å²) in [5.41, 5.74) is 5.14. The van der Waals surface area contributed by atoms with Crippen LogP contribution in [0.3, 0.4) is 0 Å². The number of aryl methyl sites for hydroxylation is 2. The number of benzene rings is 1. The molecule has 4 aromatic heterocycles. The number of hydrogen-bond donors (Lipinski definition) is 1. The molecule has 6 rings (SSSR count). The highest BCUT2D eigenvalue weighted by Crippen LogP contribution is 2.31. The first kappa shape index (κ1) is 23.7. The minimum absolute atomic E-state index is 0.120. The summed E-state index contributed by atoms with van der Waals surface area (Å²) in [6.45, 7) is 8.30. The summed E-state index contributed by atoms with van der Waals surface area (Å²) < 4.78 is 3.28. The van der Waals surface area contributed by atoms with Crippen LogP contribution in [0.5, 0.6) is 0 Å². The Bertz CT molecular complexity index is 1630. The van der Waals surface area contributed by atoms with E-state index in [1.807, 2.05) is 26.0 Å². The number of pyridine rings is 2. The Labute approximate surface area is 219 Å². The third-order valence-corrected chi connectivity index (χ3v) is 8.26. The van der Waals surface area contributed by atoms with E-state index in [4.69, 9.17) is 4.98 Å². The molecule has 1 aromatic carbocycles. The van der Waals surface area contributed by atoms with E-state index < -0.39 is 0 Å². The average molecular weight is 513 g/mol. The van der Waals surface area contributed by atoms with Crippen LogP contribution in [0.2, 0.25) is 0 Å². The van der Waals surface area contributed by atoms with E-state index in [-0.39, 0.29) is 5.91 Å². The zero-order chi connectivity index (χ0) is 25.5. The fraction of sp³-hybridized carbons (Fsp3) is 0.321. The van der Waals surface area contributed by atoms with Crippen LogP contribution in [0.1, 0.15) is 33.7 Å². The standard InChI is InChI=1S/C28H29N7OS/c1-18-15-30-20(16-29-18)17-31-27(36)25-19(2)21-9-10-24(34-12-6-11-33(3)13-14-34)32-26(21)35-22-7-4-5-8-23(22)37-28(25)35/h4-5,7-10,15-16H,6,11-14,17H2,1-3H3/p+1. The molecule has 1 saturated heterocycles. The Kier molecular flexibility index (Phi) is 6.18. The molecule has 0 aliphatic carbocycles. The van der Waals surface area contributed by atoms with Crippen LogP contribution < -0.4 is 14.6 Å². The molecule has 188 valence electrons. The lowest BCUT2D eigenvalue weighted by molar-refractivity contribution is -0.449. The Morgan fingerprint density at radius 1 is 1.05 bits per heavy atom. The van der Waals surface area contributed by atoms with Gasteiger partial charge in [-0.3, -0.25) is 14.8 Å². The highest BCUT2D eigenvalue weighted by molar-refractivity contribution is 7.23. The number of carbonyl (C=O) groups excluding carboxylic acids is 1. The quantitative estimate of drug-likeness (QED) is 0.370. The molecule has 0 spiro atoms. The molecule has 5 heterocycles. The van der Waals surface area contributed by atoms with Gasteiger partial charge in [-0.25, -0.2) is 0 Å². The molecule has 5 aromatic rings. The first-order valence-electron chi connectivity index (χ1n) is 12.7. The zero-order valence-corrected chi connectivity index (χ0v) is 22.2. The maximum absolute atomic E-state index is 13.6. The molecule has 37 heavy (non-hydrogen) atoms. The lowest BCUT2D eigenvalue weighted by Gasteiger charge is -2.18. The van der Waals surface area contributed by atoms with Gasteiger partial charge in [-0.1, -0.05) is 23.5 Å². The fourth-order valence-corrected chi connectivity index (χ4v) is 6.29. The Morgan fingerprint density at radius 3 is 2.76 bits per heavy atom. The number of nitrogens with one attached hydrogen (secondary N) is 1. The molecule has 0 bridgehead atoms. The summed E-state index contributed by atoms with van der Waals surface area (Å²) in [5.74, 6) is 0.867. The second-order valence-corrected chi connectivity index (χ2v) is 10.8. The number of aromatic nitrogens is 4. The normalized spacial score (nSPS) is 14.9. The second kappa shape index (κ2) is 9.64. The number of thiazole rings is 1. The number of carbonyl (C=O) groups is 1. The van der Waals surface area contributed by atoms with Gasteiger partial charge in [0.25, 0.3) is 5.91 Å². The van der Waals surface area contributed by atoms with E-state index in [1.54, 1.807) is 23.7 Å². The number of para-hydroxylation sites is 1. The summed E-state index contributed by atoms with van der Waals surface area (Å²) in [6.07, 6.45) is 4.54. The second-order valence-electron chi connectivity index (χ2n) is 9.73. The number of likely N-dealkylation sites (N-methyl/N-ethyl adjacent to an activating group) is 1. The number of rotatable bonds is 4. The average Bonchev–Trinajstić information content (AvgIpc) is 3.15. The van der Waals surface area contributed by atoms with Crippen LogP contribution in [0, 0.1) is 13.8 Å². The van der Waals surface area contributed by atoms with Gasteiger partial charge in [-0.2, -0.15) is 4.40 Å². The van der Waals surface area contributed by atoms with Crippen molar-refractivity contribution in [3.05, 3.63) is 71.3 Å². The molecule has 1 N–H and O–H groups in total. The number of anilines is 1. The summed E-state index contributed by atoms with van der Waals surface area (Å²) >= 11 is 1.63. The first-order valence-corrected chi connectivity index (χ1v) is 13.5. The third kappa shape index (κ3) is 4.38.